The zero-order valence-electron chi connectivity index (χ0n) is 25.7. The fourth-order valence-electron chi connectivity index (χ4n) is 8.10. The lowest BCUT2D eigenvalue weighted by Gasteiger charge is -2.20. The van der Waals surface area contributed by atoms with Gasteiger partial charge in [-0.3, -0.25) is 0 Å². The minimum absolute atomic E-state index is 0.684. The van der Waals surface area contributed by atoms with Gasteiger partial charge in [-0.2, -0.15) is 0 Å². The molecule has 1 aromatic heterocycles. The zero-order chi connectivity index (χ0) is 31.9. The monoisotopic (exact) mass is 672 g/mol. The minimum atomic E-state index is 0.684. The van der Waals surface area contributed by atoms with Gasteiger partial charge in [0, 0.05) is 20.9 Å². The third kappa shape index (κ3) is 3.67. The van der Waals surface area contributed by atoms with Crippen molar-refractivity contribution in [3.8, 4) is 27.9 Å². The standard InChI is InChI=1S/C45H25BrN2/c1-47-39-24-26-41-45-37(39)20-19-36-35(22-25-40(44(36)45)48(41)27-11-3-2-4-12-27)43-32-17-9-7-15-30(32)42(31-16-8-10-18-33(31)43)34-21-23-38(46)29-14-6-5-13-28(29)34/h2-26H. The van der Waals surface area contributed by atoms with Gasteiger partial charge in [0.25, 0.3) is 0 Å². The molecule has 0 radical (unpaired) electrons. The highest BCUT2D eigenvalue weighted by Gasteiger charge is 2.23. The highest BCUT2D eigenvalue weighted by molar-refractivity contribution is 9.10. The summed E-state index contributed by atoms with van der Waals surface area (Å²) in [6, 6.07) is 54.4. The van der Waals surface area contributed by atoms with Crippen molar-refractivity contribution in [2.45, 2.75) is 0 Å². The van der Waals surface area contributed by atoms with Gasteiger partial charge >= 0.3 is 0 Å². The number of nitrogens with zero attached hydrogens (tertiary/aromatic N) is 2. The first-order valence-corrected chi connectivity index (χ1v) is 16.9. The lowest BCUT2D eigenvalue weighted by atomic mass is 9.83. The van der Waals surface area contributed by atoms with Crippen LogP contribution in [0.1, 0.15) is 0 Å². The predicted molar refractivity (Wildman–Crippen MR) is 207 cm³/mol. The first kappa shape index (κ1) is 27.2. The Morgan fingerprint density at radius 1 is 0.417 bits per heavy atom. The third-order valence-electron chi connectivity index (χ3n) is 10.0. The molecule has 0 atom stereocenters. The van der Waals surface area contributed by atoms with E-state index >= 15 is 0 Å². The Bertz CT molecular complexity index is 2910. The van der Waals surface area contributed by atoms with Gasteiger partial charge in [-0.1, -0.05) is 137 Å². The quantitative estimate of drug-likeness (QED) is 0.100. The van der Waals surface area contributed by atoms with Crippen LogP contribution in [-0.4, -0.2) is 4.57 Å². The lowest BCUT2D eigenvalue weighted by Crippen LogP contribution is -1.94. The second kappa shape index (κ2) is 10.3. The van der Waals surface area contributed by atoms with Crippen LogP contribution in [0.3, 0.4) is 0 Å². The van der Waals surface area contributed by atoms with Gasteiger partial charge in [-0.15, -0.1) is 0 Å². The molecule has 0 amide bonds. The number of halogens is 1. The fraction of sp³-hybridized carbons (Fsp3) is 0. The van der Waals surface area contributed by atoms with E-state index in [1.165, 1.54) is 65.3 Å². The van der Waals surface area contributed by atoms with Crippen molar-refractivity contribution in [3.63, 3.8) is 0 Å². The Hall–Kier alpha value is -5.95. The molecule has 0 unspecified atom stereocenters. The molecule has 2 nitrogen and oxygen atoms in total. The van der Waals surface area contributed by atoms with Crippen molar-refractivity contribution in [1.82, 2.24) is 4.57 Å². The molecule has 3 heteroatoms. The Labute approximate surface area is 285 Å². The molecule has 0 aliphatic carbocycles. The average Bonchev–Trinajstić information content (AvgIpc) is 3.49. The van der Waals surface area contributed by atoms with Crippen LogP contribution in [0.15, 0.2) is 156 Å². The number of aromatic nitrogens is 1. The number of fused-ring (bicyclic) bond motifs is 3. The Morgan fingerprint density at radius 2 is 0.896 bits per heavy atom. The van der Waals surface area contributed by atoms with Crippen LogP contribution in [0.4, 0.5) is 5.69 Å². The van der Waals surface area contributed by atoms with Gasteiger partial charge in [0.15, 0.2) is 5.69 Å². The number of rotatable bonds is 3. The summed E-state index contributed by atoms with van der Waals surface area (Å²) < 4.78 is 3.45. The van der Waals surface area contributed by atoms with Crippen molar-refractivity contribution in [3.05, 3.63) is 168 Å². The first-order valence-electron chi connectivity index (χ1n) is 16.1. The van der Waals surface area contributed by atoms with Gasteiger partial charge in [0.2, 0.25) is 0 Å². The molecule has 0 fully saturated rings. The fourth-order valence-corrected chi connectivity index (χ4v) is 8.58. The largest absolute Gasteiger partial charge is 0.309 e. The summed E-state index contributed by atoms with van der Waals surface area (Å²) in [5, 5.41) is 11.9. The molecule has 0 aliphatic rings. The Kier molecular flexibility index (Phi) is 5.82. The SMILES string of the molecule is [C-]#[N+]c1ccc2c3c1ccc1c(-c4c5ccccc5c(-c5ccc(Br)c6ccccc56)c5ccccc45)ccc(c13)n2-c1ccccc1. The maximum absolute atomic E-state index is 7.95. The molecule has 10 aromatic rings. The number of benzene rings is 9. The smallest absolute Gasteiger partial charge is 0.195 e. The van der Waals surface area contributed by atoms with Gasteiger partial charge < -0.3 is 4.57 Å². The van der Waals surface area contributed by atoms with Crippen molar-refractivity contribution >= 4 is 86.5 Å². The molecular formula is C45H25BrN2. The molecule has 0 N–H and O–H groups in total. The molecule has 10 rings (SSSR count). The van der Waals surface area contributed by atoms with Crippen LogP contribution in [0.25, 0.3) is 97.7 Å². The van der Waals surface area contributed by atoms with Gasteiger partial charge in [0.05, 0.1) is 17.6 Å². The van der Waals surface area contributed by atoms with E-state index in [2.05, 4.69) is 171 Å². The van der Waals surface area contributed by atoms with Crippen LogP contribution in [0, 0.1) is 6.57 Å². The zero-order valence-corrected chi connectivity index (χ0v) is 27.3. The summed E-state index contributed by atoms with van der Waals surface area (Å²) >= 11 is 3.80. The van der Waals surface area contributed by atoms with Crippen molar-refractivity contribution in [1.29, 1.82) is 0 Å². The molecule has 1 heterocycles. The van der Waals surface area contributed by atoms with E-state index in [1.54, 1.807) is 0 Å². The number of para-hydroxylation sites is 1. The average molecular weight is 674 g/mol. The summed E-state index contributed by atoms with van der Waals surface area (Å²) in [6.07, 6.45) is 0. The summed E-state index contributed by atoms with van der Waals surface area (Å²) in [5.41, 5.74) is 8.98. The Morgan fingerprint density at radius 3 is 1.52 bits per heavy atom. The highest BCUT2D eigenvalue weighted by Crippen LogP contribution is 2.50. The topological polar surface area (TPSA) is 9.29 Å². The van der Waals surface area contributed by atoms with Crippen LogP contribution in [-0.2, 0) is 0 Å². The molecule has 0 aliphatic heterocycles. The molecule has 0 saturated carbocycles. The number of hydrogen-bond donors (Lipinski definition) is 0. The predicted octanol–water partition coefficient (Wildman–Crippen LogP) is 13.5. The maximum Gasteiger partial charge on any atom is 0.195 e. The van der Waals surface area contributed by atoms with E-state index in [0.29, 0.717) is 5.69 Å². The van der Waals surface area contributed by atoms with Crippen LogP contribution in [0.5, 0.6) is 0 Å². The highest BCUT2D eigenvalue weighted by atomic mass is 79.9. The molecule has 0 spiro atoms. The van der Waals surface area contributed by atoms with Crippen molar-refractivity contribution in [2.24, 2.45) is 0 Å². The van der Waals surface area contributed by atoms with Gasteiger partial charge in [-0.05, 0) is 95.7 Å². The van der Waals surface area contributed by atoms with Crippen molar-refractivity contribution in [2.75, 3.05) is 0 Å². The second-order valence-electron chi connectivity index (χ2n) is 12.4. The van der Waals surface area contributed by atoms with Crippen molar-refractivity contribution < 1.29 is 0 Å². The molecule has 0 saturated heterocycles. The molecule has 0 bridgehead atoms. The van der Waals surface area contributed by atoms with Crippen LogP contribution < -0.4 is 0 Å². The molecule has 222 valence electrons. The third-order valence-corrected chi connectivity index (χ3v) is 10.7. The summed E-state index contributed by atoms with van der Waals surface area (Å²) in [6.45, 7) is 7.95. The summed E-state index contributed by atoms with van der Waals surface area (Å²) in [5.74, 6) is 0. The molecule has 48 heavy (non-hydrogen) atoms. The summed E-state index contributed by atoms with van der Waals surface area (Å²) in [4.78, 5) is 3.92. The molecular weight excluding hydrogens is 648 g/mol. The van der Waals surface area contributed by atoms with Gasteiger partial charge in [0.1, 0.15) is 0 Å². The summed E-state index contributed by atoms with van der Waals surface area (Å²) in [7, 11) is 0. The van der Waals surface area contributed by atoms with E-state index in [0.717, 1.165) is 32.0 Å². The minimum Gasteiger partial charge on any atom is -0.309 e. The number of hydrogen-bond acceptors (Lipinski definition) is 0. The van der Waals surface area contributed by atoms with E-state index in [1.807, 2.05) is 6.07 Å². The van der Waals surface area contributed by atoms with Gasteiger partial charge in [-0.25, -0.2) is 4.85 Å². The van der Waals surface area contributed by atoms with E-state index in [-0.39, 0.29) is 0 Å². The second-order valence-corrected chi connectivity index (χ2v) is 13.3. The van der Waals surface area contributed by atoms with E-state index < -0.39 is 0 Å². The van der Waals surface area contributed by atoms with Crippen LogP contribution >= 0.6 is 15.9 Å². The first-order chi connectivity index (χ1) is 23.7. The Balaban J connectivity index is 1.37. The van der Waals surface area contributed by atoms with E-state index in [9.17, 15) is 0 Å². The maximum atomic E-state index is 7.95. The van der Waals surface area contributed by atoms with E-state index in [4.69, 9.17) is 6.57 Å². The molecule has 9 aromatic carbocycles. The normalized spacial score (nSPS) is 11.8. The van der Waals surface area contributed by atoms with Crippen LogP contribution in [0.2, 0.25) is 0 Å². The lowest BCUT2D eigenvalue weighted by molar-refractivity contribution is 1.18.